The van der Waals surface area contributed by atoms with Gasteiger partial charge in [-0.1, -0.05) is 62.9 Å². The minimum atomic E-state index is -4.62. The molecular weight excluding hydrogens is 689 g/mol. The summed E-state index contributed by atoms with van der Waals surface area (Å²) in [5, 5.41) is 18.7. The Kier molecular flexibility index (Phi) is 16.6. The number of fused-ring (bicyclic) bond motifs is 2. The van der Waals surface area contributed by atoms with E-state index in [1.807, 2.05) is 39.0 Å². The lowest BCUT2D eigenvalue weighted by molar-refractivity contribution is -0.141. The number of amides is 1. The second kappa shape index (κ2) is 20.5. The second-order valence-corrected chi connectivity index (χ2v) is 10.6. The van der Waals surface area contributed by atoms with Crippen LogP contribution < -0.4 is 26.9 Å². The van der Waals surface area contributed by atoms with Crippen LogP contribution in [0.15, 0.2) is 102 Å². The monoisotopic (exact) mass is 732 g/mol. The van der Waals surface area contributed by atoms with Gasteiger partial charge in [0.25, 0.3) is 0 Å². The quantitative estimate of drug-likeness (QED) is 0.0342. The minimum absolute atomic E-state index is 0.0220. The number of nitrogens with zero attached hydrogens (tertiary/aromatic N) is 2. The van der Waals surface area contributed by atoms with E-state index in [1.54, 1.807) is 60.7 Å². The molecule has 0 spiro atoms. The van der Waals surface area contributed by atoms with Gasteiger partial charge in [-0.25, -0.2) is 4.98 Å². The molecule has 0 fully saturated rings. The summed E-state index contributed by atoms with van der Waals surface area (Å²) in [5.41, 5.74) is 15.8. The highest BCUT2D eigenvalue weighted by Crippen LogP contribution is 2.39. The molecular formula is C39H43F3N6O5. The molecule has 1 aliphatic heterocycles. The molecule has 5 rings (SSSR count). The Balaban J connectivity index is 0.000000336. The summed E-state index contributed by atoms with van der Waals surface area (Å²) in [5.74, 6) is -0.323. The first kappa shape index (κ1) is 42.9. The number of carbonyl (C=O) groups is 2. The lowest BCUT2D eigenvalue weighted by Gasteiger charge is -2.17. The van der Waals surface area contributed by atoms with Crippen molar-refractivity contribution >= 4 is 40.4 Å². The largest absolute Gasteiger partial charge is 0.473 e. The molecule has 53 heavy (non-hydrogen) atoms. The molecule has 14 heteroatoms. The Hall–Kier alpha value is -6.28. The van der Waals surface area contributed by atoms with E-state index in [1.165, 1.54) is 6.92 Å². The first-order valence-corrected chi connectivity index (χ1v) is 16.2. The number of aliphatic hydroxyl groups excluding tert-OH is 1. The number of benzene rings is 3. The third-order valence-corrected chi connectivity index (χ3v) is 7.00. The molecule has 1 amide bonds. The van der Waals surface area contributed by atoms with E-state index in [0.717, 1.165) is 46.6 Å². The number of hydrogen-bond acceptors (Lipinski definition) is 10. The lowest BCUT2D eigenvalue weighted by atomic mass is 9.89. The van der Waals surface area contributed by atoms with Crippen LogP contribution >= 0.6 is 0 Å². The number of nitrogens with one attached hydrogen (secondary N) is 2. The van der Waals surface area contributed by atoms with Crippen molar-refractivity contribution in [1.82, 2.24) is 15.3 Å². The number of aliphatic hydroxyl groups is 1. The van der Waals surface area contributed by atoms with E-state index >= 15 is 0 Å². The number of carbonyl (C=O) groups excluding carboxylic acids is 2. The van der Waals surface area contributed by atoms with Gasteiger partial charge in [-0.05, 0) is 47.9 Å². The average Bonchev–Trinajstić information content (AvgIpc) is 3.14. The van der Waals surface area contributed by atoms with Gasteiger partial charge in [-0.15, -0.1) is 0 Å². The summed E-state index contributed by atoms with van der Waals surface area (Å²) >= 11 is 0. The zero-order chi connectivity index (χ0) is 39.7. The van der Waals surface area contributed by atoms with Crippen molar-refractivity contribution in [3.8, 4) is 17.2 Å². The van der Waals surface area contributed by atoms with Crippen LogP contribution in [0.3, 0.4) is 0 Å². The van der Waals surface area contributed by atoms with Crippen LogP contribution in [0.4, 0.5) is 24.8 Å². The minimum Gasteiger partial charge on any atom is -0.473 e. The van der Waals surface area contributed by atoms with E-state index in [9.17, 15) is 22.8 Å². The number of halogens is 3. The van der Waals surface area contributed by atoms with Gasteiger partial charge in [0, 0.05) is 66.6 Å². The molecule has 7 N–H and O–H groups in total. The summed E-state index contributed by atoms with van der Waals surface area (Å²) in [4.78, 5) is 29.2. The summed E-state index contributed by atoms with van der Waals surface area (Å²) in [6, 6.07) is 18.4. The summed E-state index contributed by atoms with van der Waals surface area (Å²) < 4.78 is 49.2. The van der Waals surface area contributed by atoms with Crippen molar-refractivity contribution < 1.29 is 37.0 Å². The van der Waals surface area contributed by atoms with Crippen LogP contribution in [-0.4, -0.2) is 34.4 Å². The Morgan fingerprint density at radius 3 is 2.26 bits per heavy atom. The van der Waals surface area contributed by atoms with E-state index in [0.29, 0.717) is 40.6 Å². The number of ether oxygens (including phenoxy) is 1. The van der Waals surface area contributed by atoms with Crippen molar-refractivity contribution in [3.63, 3.8) is 0 Å². The molecule has 0 unspecified atom stereocenters. The molecule has 0 atom stereocenters. The number of nitrogens with two attached hydrogens (primary N) is 2. The molecule has 1 aliphatic carbocycles. The summed E-state index contributed by atoms with van der Waals surface area (Å²) in [7, 11) is 1.00. The average molecular weight is 733 g/mol. The van der Waals surface area contributed by atoms with Crippen LogP contribution in [-0.2, 0) is 28.9 Å². The van der Waals surface area contributed by atoms with Crippen LogP contribution in [0.5, 0.6) is 5.88 Å². The molecule has 1 aromatic heterocycles. The normalized spacial score (nSPS) is 11.2. The van der Waals surface area contributed by atoms with E-state index < -0.39 is 17.8 Å². The molecule has 2 aromatic carbocycles. The number of aromatic nitrogens is 2. The van der Waals surface area contributed by atoms with Crippen molar-refractivity contribution in [3.05, 3.63) is 125 Å². The third-order valence-electron chi connectivity index (χ3n) is 7.00. The highest BCUT2D eigenvalue weighted by molar-refractivity contribution is 6.08. The zero-order valence-corrected chi connectivity index (χ0v) is 30.0. The molecule has 0 saturated heterocycles. The van der Waals surface area contributed by atoms with Crippen molar-refractivity contribution in [2.24, 2.45) is 0 Å². The van der Waals surface area contributed by atoms with Gasteiger partial charge in [-0.2, -0.15) is 18.2 Å². The number of anilines is 2. The second-order valence-electron chi connectivity index (χ2n) is 10.6. The van der Waals surface area contributed by atoms with Crippen molar-refractivity contribution in [2.45, 2.75) is 47.0 Å². The predicted octanol–water partition coefficient (Wildman–Crippen LogP) is 7.24. The molecule has 0 bridgehead atoms. The SMILES string of the molecule is C=C/C=C(C=O)\C(=C/C)c1c2ccc(=N)cc-2oc2cc(N)ccc12.CC.CC(=O)NCc1ccc(COc2cc(C(F)(F)F)nc(N)n2)cc1.CO. The van der Waals surface area contributed by atoms with E-state index in [4.69, 9.17) is 31.1 Å². The molecule has 11 nitrogen and oxygen atoms in total. The number of alkyl halides is 3. The summed E-state index contributed by atoms with van der Waals surface area (Å²) in [6.07, 6.45) is 1.35. The summed E-state index contributed by atoms with van der Waals surface area (Å²) in [6.45, 7) is 11.4. The Morgan fingerprint density at radius 1 is 1.02 bits per heavy atom. The maximum Gasteiger partial charge on any atom is 0.433 e. The smallest absolute Gasteiger partial charge is 0.433 e. The third kappa shape index (κ3) is 12.2. The van der Waals surface area contributed by atoms with Gasteiger partial charge in [0.15, 0.2) is 12.0 Å². The van der Waals surface area contributed by atoms with Gasteiger partial charge in [0.1, 0.15) is 18.0 Å². The van der Waals surface area contributed by atoms with E-state index in [2.05, 4.69) is 21.9 Å². The molecule has 3 aromatic rings. The lowest BCUT2D eigenvalue weighted by Crippen LogP contribution is -2.18. The predicted molar refractivity (Wildman–Crippen MR) is 200 cm³/mol. The topological polar surface area (TPSA) is 190 Å². The molecule has 2 aliphatic rings. The number of aldehydes is 1. The Bertz CT molecular complexity index is 2090. The maximum absolute atomic E-state index is 12.7. The fraction of sp³-hybridized carbons (Fsp3) is 0.205. The van der Waals surface area contributed by atoms with E-state index in [-0.39, 0.29) is 18.4 Å². The van der Waals surface area contributed by atoms with Crippen LogP contribution in [0.25, 0.3) is 27.9 Å². The maximum atomic E-state index is 12.7. The number of allylic oxidation sites excluding steroid dienone is 5. The van der Waals surface area contributed by atoms with Gasteiger partial charge < -0.3 is 36.5 Å². The van der Waals surface area contributed by atoms with Gasteiger partial charge in [0.05, 0.1) is 5.36 Å². The number of nitrogen functional groups attached to an aromatic ring is 2. The standard InChI is InChI=1S/C21H18N2O2.C15H15F3N4O2.C2H6.CH4O/c1-3-5-13(12-24)16(4-2)21-17-8-6-14(22)10-19(17)25-20-11-15(23)7-9-18(20)21;1-9(23)20-7-10-2-4-11(5-3-10)8-24-13-6-12(15(16,17)18)21-14(19)22-13;2*1-2/h3-12,22H,1,23H2,2H3;2-6H,7-8H2,1H3,(H,20,23)(H2,19,21,22);1-2H3;2H,1H3/b13-5-,16-4+,22-14?;;;. The highest BCUT2D eigenvalue weighted by atomic mass is 19.4. The zero-order valence-electron chi connectivity index (χ0n) is 30.0. The fourth-order valence-corrected chi connectivity index (χ4v) is 4.77. The van der Waals surface area contributed by atoms with Gasteiger partial charge in [0.2, 0.25) is 17.7 Å². The van der Waals surface area contributed by atoms with Gasteiger partial charge in [-0.3, -0.25) is 9.59 Å². The van der Waals surface area contributed by atoms with Crippen LogP contribution in [0.2, 0.25) is 0 Å². The van der Waals surface area contributed by atoms with Crippen molar-refractivity contribution in [1.29, 1.82) is 5.41 Å². The number of rotatable bonds is 9. The van der Waals surface area contributed by atoms with Crippen molar-refractivity contribution in [2.75, 3.05) is 18.6 Å². The fourth-order valence-electron chi connectivity index (χ4n) is 4.77. The Labute approximate surface area is 305 Å². The Morgan fingerprint density at radius 2 is 1.68 bits per heavy atom. The van der Waals surface area contributed by atoms with Crippen LogP contribution in [0, 0.1) is 5.41 Å². The molecule has 280 valence electrons. The highest BCUT2D eigenvalue weighted by Gasteiger charge is 2.33. The number of hydrogen-bond donors (Lipinski definition) is 5. The molecule has 2 heterocycles. The molecule has 0 saturated carbocycles. The van der Waals surface area contributed by atoms with Crippen LogP contribution in [0.1, 0.15) is 50.1 Å². The molecule has 0 radical (unpaired) electrons. The first-order chi connectivity index (χ1) is 25.3. The van der Waals surface area contributed by atoms with Gasteiger partial charge >= 0.3 is 6.18 Å². The first-order valence-electron chi connectivity index (χ1n) is 16.2.